The molecule has 1 N–H and O–H groups in total. The molecule has 0 spiro atoms. The van der Waals surface area contributed by atoms with Gasteiger partial charge in [-0.25, -0.2) is 4.39 Å². The number of rotatable bonds is 10. The molecule has 34 heavy (non-hydrogen) atoms. The number of aryl methyl sites for hydroxylation is 1. The second-order valence-corrected chi connectivity index (χ2v) is 9.82. The molecule has 2 aromatic carbocycles. The number of aromatic nitrogens is 2. The normalized spacial score (nSPS) is 16.5. The molecule has 1 aromatic heterocycles. The third-order valence-corrected chi connectivity index (χ3v) is 7.18. The van der Waals surface area contributed by atoms with Crippen molar-refractivity contribution >= 4 is 17.7 Å². The number of hydrogen-bond acceptors (Lipinski definition) is 6. The SMILES string of the molecule is Cc1ccccc1CSCCCNC(=O)C1CCCN(Cc2nc(-c3ccc(F)cc3)no2)C1. The largest absolute Gasteiger partial charge is 0.356 e. The zero-order chi connectivity index (χ0) is 23.8. The van der Waals surface area contributed by atoms with E-state index in [0.717, 1.165) is 37.3 Å². The van der Waals surface area contributed by atoms with Crippen LogP contribution in [0.15, 0.2) is 53.1 Å². The molecular weight excluding hydrogens is 451 g/mol. The van der Waals surface area contributed by atoms with Crippen molar-refractivity contribution in [2.24, 2.45) is 5.92 Å². The predicted molar refractivity (Wildman–Crippen MR) is 133 cm³/mol. The second kappa shape index (κ2) is 12.1. The van der Waals surface area contributed by atoms with Crippen molar-refractivity contribution in [3.8, 4) is 11.4 Å². The van der Waals surface area contributed by atoms with Gasteiger partial charge in [0, 0.05) is 24.4 Å². The number of hydrogen-bond donors (Lipinski definition) is 1. The van der Waals surface area contributed by atoms with E-state index >= 15 is 0 Å². The predicted octanol–water partition coefficient (Wildman–Crippen LogP) is 4.84. The maximum absolute atomic E-state index is 13.1. The number of thioether (sulfide) groups is 1. The van der Waals surface area contributed by atoms with Gasteiger partial charge in [-0.2, -0.15) is 16.7 Å². The Morgan fingerprint density at radius 1 is 1.24 bits per heavy atom. The first kappa shape index (κ1) is 24.4. The molecular formula is C26H31FN4O2S. The second-order valence-electron chi connectivity index (χ2n) is 8.72. The number of nitrogens with zero attached hydrogens (tertiary/aromatic N) is 3. The molecule has 3 aromatic rings. The van der Waals surface area contributed by atoms with Crippen LogP contribution >= 0.6 is 11.8 Å². The van der Waals surface area contributed by atoms with Crippen LogP contribution in [0.3, 0.4) is 0 Å². The number of benzene rings is 2. The summed E-state index contributed by atoms with van der Waals surface area (Å²) in [7, 11) is 0. The van der Waals surface area contributed by atoms with Crippen LogP contribution in [-0.2, 0) is 17.1 Å². The minimum atomic E-state index is -0.300. The summed E-state index contributed by atoms with van der Waals surface area (Å²) in [6, 6.07) is 14.5. The number of likely N-dealkylation sites (tertiary alicyclic amines) is 1. The summed E-state index contributed by atoms with van der Waals surface area (Å²) in [5.74, 6) is 2.80. The van der Waals surface area contributed by atoms with Crippen LogP contribution in [0.5, 0.6) is 0 Å². The van der Waals surface area contributed by atoms with Crippen LogP contribution in [0.4, 0.5) is 4.39 Å². The summed E-state index contributed by atoms with van der Waals surface area (Å²) in [6.45, 7) is 4.94. The van der Waals surface area contributed by atoms with Crippen LogP contribution in [0.2, 0.25) is 0 Å². The Bertz CT molecular complexity index is 1070. The van der Waals surface area contributed by atoms with E-state index in [4.69, 9.17) is 4.52 Å². The van der Waals surface area contributed by atoms with Gasteiger partial charge in [-0.05, 0) is 73.9 Å². The molecule has 1 amide bonds. The number of halogens is 1. The molecule has 1 atom stereocenters. The molecule has 1 aliphatic rings. The zero-order valence-electron chi connectivity index (χ0n) is 19.5. The minimum absolute atomic E-state index is 0.0205. The molecule has 4 rings (SSSR count). The van der Waals surface area contributed by atoms with Crippen molar-refractivity contribution in [3.05, 3.63) is 71.4 Å². The number of nitrogens with one attached hydrogen (secondary N) is 1. The maximum atomic E-state index is 13.1. The van der Waals surface area contributed by atoms with Gasteiger partial charge < -0.3 is 9.84 Å². The van der Waals surface area contributed by atoms with Gasteiger partial charge in [0.15, 0.2) is 0 Å². The average Bonchev–Trinajstić information content (AvgIpc) is 3.31. The molecule has 0 aliphatic carbocycles. The van der Waals surface area contributed by atoms with Crippen molar-refractivity contribution in [2.45, 2.75) is 38.5 Å². The molecule has 180 valence electrons. The van der Waals surface area contributed by atoms with Gasteiger partial charge in [-0.3, -0.25) is 9.69 Å². The van der Waals surface area contributed by atoms with E-state index < -0.39 is 0 Å². The first-order chi connectivity index (χ1) is 16.6. The lowest BCUT2D eigenvalue weighted by Gasteiger charge is -2.30. The van der Waals surface area contributed by atoms with E-state index in [1.165, 1.54) is 23.3 Å². The highest BCUT2D eigenvalue weighted by Crippen LogP contribution is 2.21. The van der Waals surface area contributed by atoms with Gasteiger partial charge >= 0.3 is 0 Å². The van der Waals surface area contributed by atoms with Gasteiger partial charge in [0.2, 0.25) is 17.6 Å². The lowest BCUT2D eigenvalue weighted by atomic mass is 9.97. The number of carbonyl (C=O) groups excluding carboxylic acids is 1. The number of amides is 1. The fourth-order valence-electron chi connectivity index (χ4n) is 4.12. The fraction of sp³-hybridized carbons (Fsp3) is 0.423. The van der Waals surface area contributed by atoms with E-state index in [9.17, 15) is 9.18 Å². The van der Waals surface area contributed by atoms with Crippen molar-refractivity contribution < 1.29 is 13.7 Å². The van der Waals surface area contributed by atoms with E-state index in [2.05, 4.69) is 51.5 Å². The topological polar surface area (TPSA) is 71.3 Å². The Hall–Kier alpha value is -2.71. The quantitative estimate of drug-likeness (QED) is 0.417. The van der Waals surface area contributed by atoms with Gasteiger partial charge in [-0.1, -0.05) is 29.4 Å². The summed E-state index contributed by atoms with van der Waals surface area (Å²) in [5.41, 5.74) is 3.42. The third-order valence-electron chi connectivity index (χ3n) is 6.09. The Morgan fingerprint density at radius 2 is 2.06 bits per heavy atom. The highest BCUT2D eigenvalue weighted by atomic mass is 32.2. The first-order valence-corrected chi connectivity index (χ1v) is 12.9. The third kappa shape index (κ3) is 6.90. The molecule has 2 heterocycles. The van der Waals surface area contributed by atoms with Crippen molar-refractivity contribution in [2.75, 3.05) is 25.4 Å². The average molecular weight is 483 g/mol. The van der Waals surface area contributed by atoms with Gasteiger partial charge in [0.1, 0.15) is 5.82 Å². The van der Waals surface area contributed by atoms with Crippen LogP contribution in [0.25, 0.3) is 11.4 Å². The lowest BCUT2D eigenvalue weighted by Crippen LogP contribution is -2.43. The monoisotopic (exact) mass is 482 g/mol. The zero-order valence-corrected chi connectivity index (χ0v) is 20.3. The Balaban J connectivity index is 1.17. The summed E-state index contributed by atoms with van der Waals surface area (Å²) in [4.78, 5) is 19.3. The van der Waals surface area contributed by atoms with E-state index in [1.807, 2.05) is 11.8 Å². The molecule has 0 radical (unpaired) electrons. The number of piperidine rings is 1. The summed E-state index contributed by atoms with van der Waals surface area (Å²) in [5, 5.41) is 7.12. The smallest absolute Gasteiger partial charge is 0.241 e. The summed E-state index contributed by atoms with van der Waals surface area (Å²) >= 11 is 1.91. The number of carbonyl (C=O) groups is 1. The molecule has 1 saturated heterocycles. The lowest BCUT2D eigenvalue weighted by molar-refractivity contribution is -0.126. The van der Waals surface area contributed by atoms with Crippen LogP contribution in [0.1, 0.15) is 36.3 Å². The van der Waals surface area contributed by atoms with Crippen LogP contribution < -0.4 is 5.32 Å². The van der Waals surface area contributed by atoms with Gasteiger partial charge in [-0.15, -0.1) is 0 Å². The fourth-order valence-corrected chi connectivity index (χ4v) is 5.16. The Labute approximate surface area is 204 Å². The molecule has 0 saturated carbocycles. The minimum Gasteiger partial charge on any atom is -0.356 e. The van der Waals surface area contributed by atoms with Crippen molar-refractivity contribution in [1.29, 1.82) is 0 Å². The van der Waals surface area contributed by atoms with E-state index in [0.29, 0.717) is 36.9 Å². The van der Waals surface area contributed by atoms with E-state index in [-0.39, 0.29) is 17.6 Å². The van der Waals surface area contributed by atoms with Gasteiger partial charge in [0.25, 0.3) is 0 Å². The van der Waals surface area contributed by atoms with Crippen molar-refractivity contribution in [1.82, 2.24) is 20.4 Å². The van der Waals surface area contributed by atoms with E-state index in [1.54, 1.807) is 12.1 Å². The van der Waals surface area contributed by atoms with Crippen LogP contribution in [-0.4, -0.2) is 46.3 Å². The van der Waals surface area contributed by atoms with Crippen LogP contribution in [0, 0.1) is 18.7 Å². The highest BCUT2D eigenvalue weighted by molar-refractivity contribution is 7.98. The molecule has 0 bridgehead atoms. The van der Waals surface area contributed by atoms with Crippen molar-refractivity contribution in [3.63, 3.8) is 0 Å². The highest BCUT2D eigenvalue weighted by Gasteiger charge is 2.26. The van der Waals surface area contributed by atoms with Gasteiger partial charge in [0.05, 0.1) is 12.5 Å². The molecule has 1 fully saturated rings. The summed E-state index contributed by atoms with van der Waals surface area (Å²) < 4.78 is 18.5. The molecule has 6 nitrogen and oxygen atoms in total. The summed E-state index contributed by atoms with van der Waals surface area (Å²) in [6.07, 6.45) is 2.82. The Kier molecular flexibility index (Phi) is 8.71. The molecule has 1 unspecified atom stereocenters. The maximum Gasteiger partial charge on any atom is 0.241 e. The molecule has 1 aliphatic heterocycles. The standard InChI is InChI=1S/C26H31FN4O2S/c1-19-6-2-3-7-22(19)18-34-15-5-13-28-26(32)21-8-4-14-31(16-21)17-24-29-25(30-33-24)20-9-11-23(27)12-10-20/h2-3,6-7,9-12,21H,4-5,8,13-18H2,1H3,(H,28,32). The Morgan fingerprint density at radius 3 is 2.88 bits per heavy atom. The first-order valence-electron chi connectivity index (χ1n) is 11.8. The molecule has 8 heteroatoms.